The van der Waals surface area contributed by atoms with Crippen LogP contribution in [0.3, 0.4) is 0 Å². The Balaban J connectivity index is 2.40. The summed E-state index contributed by atoms with van der Waals surface area (Å²) in [6.45, 7) is -1.74. The molecule has 0 spiro atoms. The van der Waals surface area contributed by atoms with E-state index in [-0.39, 0.29) is 0 Å². The van der Waals surface area contributed by atoms with E-state index >= 15 is 0 Å². The molecule has 3 N–H and O–H groups in total. The van der Waals surface area contributed by atoms with Gasteiger partial charge in [0, 0.05) is 25.3 Å². The van der Waals surface area contributed by atoms with Crippen molar-refractivity contribution < 1.29 is 23.7 Å². The number of hydrogen-bond acceptors (Lipinski definition) is 5. The summed E-state index contributed by atoms with van der Waals surface area (Å²) in [5.74, 6) is -3.97. The van der Waals surface area contributed by atoms with Crippen LogP contribution in [0.1, 0.15) is 12.6 Å². The molecule has 1 fully saturated rings. The van der Waals surface area contributed by atoms with Crippen LogP contribution in [0.15, 0.2) is 21.9 Å². The van der Waals surface area contributed by atoms with Crippen LogP contribution in [-0.4, -0.2) is 45.0 Å². The Labute approximate surface area is 111 Å². The molecule has 0 aliphatic carbocycles. The minimum Gasteiger partial charge on any atom is -0.396 e. The summed E-state index contributed by atoms with van der Waals surface area (Å²) in [7, 11) is 0. The minimum atomic E-state index is -2.65. The molecule has 112 valence electrons. The number of ether oxygens (including phenoxy) is 1. The van der Waals surface area contributed by atoms with Gasteiger partial charge in [0.05, 0.1) is 12.6 Å². The molecule has 1 saturated heterocycles. The van der Waals surface area contributed by atoms with Crippen molar-refractivity contribution in [3.05, 3.63) is 33.1 Å². The van der Waals surface area contributed by atoms with Gasteiger partial charge in [-0.3, -0.25) is 18.7 Å². The minimum absolute atomic E-state index is 0.556. The lowest BCUT2D eigenvalue weighted by atomic mass is 9.98. The van der Waals surface area contributed by atoms with E-state index < -0.39 is 55.1 Å². The molecule has 0 radical (unpaired) electrons. The number of nitrogens with zero attached hydrogens (tertiary/aromatic N) is 1. The lowest BCUT2D eigenvalue weighted by Crippen LogP contribution is -2.38. The van der Waals surface area contributed by atoms with E-state index in [4.69, 9.17) is 9.84 Å². The number of hydrogen-bond donors (Lipinski definition) is 3. The predicted molar refractivity (Wildman–Crippen MR) is 62.5 cm³/mol. The van der Waals surface area contributed by atoms with Gasteiger partial charge < -0.3 is 14.9 Å². The van der Waals surface area contributed by atoms with Gasteiger partial charge in [0.2, 0.25) is 5.85 Å². The number of H-pyrrole nitrogens is 1. The highest BCUT2D eigenvalue weighted by Gasteiger charge is 2.55. The normalized spacial score (nSPS) is 33.5. The molecule has 1 aliphatic heterocycles. The van der Waals surface area contributed by atoms with Crippen LogP contribution in [0.4, 0.5) is 8.78 Å². The lowest BCUT2D eigenvalue weighted by Gasteiger charge is -2.22. The van der Waals surface area contributed by atoms with Crippen LogP contribution in [0.5, 0.6) is 0 Å². The van der Waals surface area contributed by atoms with Crippen molar-refractivity contribution in [1.29, 1.82) is 0 Å². The predicted octanol–water partition coefficient (Wildman–Crippen LogP) is -0.940. The van der Waals surface area contributed by atoms with Gasteiger partial charge >= 0.3 is 5.69 Å². The third kappa shape index (κ3) is 2.39. The third-order valence-corrected chi connectivity index (χ3v) is 3.29. The Bertz CT molecular complexity index is 589. The number of alkyl halides is 2. The molecule has 2 heterocycles. The number of aliphatic hydroxyl groups is 2. The molecule has 1 aromatic rings. The van der Waals surface area contributed by atoms with Gasteiger partial charge in [-0.25, -0.2) is 9.18 Å². The molecule has 0 saturated carbocycles. The number of aliphatic hydroxyl groups excluding tert-OH is 2. The maximum absolute atomic E-state index is 14.3. The van der Waals surface area contributed by atoms with Gasteiger partial charge in [-0.1, -0.05) is 0 Å². The summed E-state index contributed by atoms with van der Waals surface area (Å²) >= 11 is 0. The zero-order chi connectivity index (χ0) is 14.9. The van der Waals surface area contributed by atoms with Crippen LogP contribution in [-0.2, 0) is 4.74 Å². The Morgan fingerprint density at radius 1 is 1.50 bits per heavy atom. The molecule has 0 aromatic carbocycles. The summed E-state index contributed by atoms with van der Waals surface area (Å²) in [4.78, 5) is 24.5. The highest BCUT2D eigenvalue weighted by atomic mass is 19.2. The monoisotopic (exact) mass is 292 g/mol. The second kappa shape index (κ2) is 5.43. The number of halogens is 2. The maximum atomic E-state index is 14.3. The van der Waals surface area contributed by atoms with Crippen LogP contribution in [0, 0.1) is 5.92 Å². The third-order valence-electron chi connectivity index (χ3n) is 3.29. The molecule has 2 rings (SSSR count). The van der Waals surface area contributed by atoms with Gasteiger partial charge in [-0.15, -0.1) is 0 Å². The number of aromatic nitrogens is 2. The molecule has 1 unspecified atom stereocenters. The number of aromatic amines is 1. The molecular weight excluding hydrogens is 278 g/mol. The molecule has 0 bridgehead atoms. The molecule has 1 aliphatic rings. The Hall–Kier alpha value is -1.58. The Morgan fingerprint density at radius 2 is 2.20 bits per heavy atom. The van der Waals surface area contributed by atoms with E-state index in [0.717, 1.165) is 16.8 Å². The van der Waals surface area contributed by atoms with E-state index in [0.29, 0.717) is 0 Å². The van der Waals surface area contributed by atoms with Gasteiger partial charge in [0.15, 0.2) is 0 Å². The first kappa shape index (κ1) is 14.8. The largest absolute Gasteiger partial charge is 0.396 e. The summed E-state index contributed by atoms with van der Waals surface area (Å²) < 4.78 is 33.1. The van der Waals surface area contributed by atoms with Crippen LogP contribution in [0.2, 0.25) is 0 Å². The lowest BCUT2D eigenvalue weighted by molar-refractivity contribution is -0.195. The molecular formula is C11H14F2N2O5. The number of rotatable bonds is 4. The first-order valence-electron chi connectivity index (χ1n) is 5.96. The molecule has 0 amide bonds. The Kier molecular flexibility index (Phi) is 4.02. The summed E-state index contributed by atoms with van der Waals surface area (Å²) in [5, 5.41) is 18.6. The average molecular weight is 292 g/mol. The highest BCUT2D eigenvalue weighted by Crippen LogP contribution is 2.43. The van der Waals surface area contributed by atoms with Crippen molar-refractivity contribution in [3.63, 3.8) is 0 Å². The first-order valence-corrected chi connectivity index (χ1v) is 5.96. The number of nitrogens with one attached hydrogen (secondary N) is 1. The van der Waals surface area contributed by atoms with Gasteiger partial charge in [-0.2, -0.15) is 0 Å². The van der Waals surface area contributed by atoms with Gasteiger partial charge in [0.1, 0.15) is 12.3 Å². The van der Waals surface area contributed by atoms with Crippen molar-refractivity contribution in [2.75, 3.05) is 13.3 Å². The SMILES string of the molecule is O=c1ccn([C@@H]2O[C@](F)(CCO)[C@@H](O)C2CF)c(=O)[nH]1. The first-order chi connectivity index (χ1) is 9.42. The van der Waals surface area contributed by atoms with Crippen molar-refractivity contribution in [1.82, 2.24) is 9.55 Å². The van der Waals surface area contributed by atoms with Crippen molar-refractivity contribution >= 4 is 0 Å². The summed E-state index contributed by atoms with van der Waals surface area (Å²) in [5.41, 5.74) is -1.56. The van der Waals surface area contributed by atoms with Crippen molar-refractivity contribution in [2.45, 2.75) is 24.6 Å². The van der Waals surface area contributed by atoms with Gasteiger partial charge in [0.25, 0.3) is 5.56 Å². The summed E-state index contributed by atoms with van der Waals surface area (Å²) in [6, 6.07) is 0.997. The molecule has 7 nitrogen and oxygen atoms in total. The van der Waals surface area contributed by atoms with Crippen LogP contribution < -0.4 is 11.2 Å². The average Bonchev–Trinajstić information content (AvgIpc) is 2.62. The van der Waals surface area contributed by atoms with E-state index in [1.165, 1.54) is 0 Å². The van der Waals surface area contributed by atoms with Crippen LogP contribution in [0.25, 0.3) is 0 Å². The zero-order valence-electron chi connectivity index (χ0n) is 10.3. The fraction of sp³-hybridized carbons (Fsp3) is 0.636. The maximum Gasteiger partial charge on any atom is 0.330 e. The second-order valence-electron chi connectivity index (χ2n) is 4.55. The van der Waals surface area contributed by atoms with E-state index in [1.807, 2.05) is 4.98 Å². The van der Waals surface area contributed by atoms with E-state index in [2.05, 4.69) is 0 Å². The fourth-order valence-corrected chi connectivity index (χ4v) is 2.24. The smallest absolute Gasteiger partial charge is 0.330 e. The van der Waals surface area contributed by atoms with Crippen molar-refractivity contribution in [2.24, 2.45) is 5.92 Å². The highest BCUT2D eigenvalue weighted by molar-refractivity contribution is 4.96. The summed E-state index contributed by atoms with van der Waals surface area (Å²) in [6.07, 6.45) is -2.76. The van der Waals surface area contributed by atoms with E-state index in [9.17, 15) is 23.5 Å². The standard InChI is InChI=1S/C11H14F2N2O5/c12-5-6-8(18)11(13,2-4-16)20-9(6)15-3-1-7(17)14-10(15)19/h1,3,6,8-9,16,18H,2,4-5H2,(H,14,17,19)/t6?,8-,9+,11+/m0/s1. The quantitative estimate of drug-likeness (QED) is 0.664. The second-order valence-corrected chi connectivity index (χ2v) is 4.55. The molecule has 4 atom stereocenters. The van der Waals surface area contributed by atoms with Crippen molar-refractivity contribution in [3.8, 4) is 0 Å². The van der Waals surface area contributed by atoms with Gasteiger partial charge in [-0.05, 0) is 0 Å². The molecule has 20 heavy (non-hydrogen) atoms. The molecule has 1 aromatic heterocycles. The van der Waals surface area contributed by atoms with Crippen LogP contribution >= 0.6 is 0 Å². The topological polar surface area (TPSA) is 105 Å². The zero-order valence-corrected chi connectivity index (χ0v) is 10.3. The Morgan fingerprint density at radius 3 is 2.75 bits per heavy atom. The van der Waals surface area contributed by atoms with E-state index in [1.54, 1.807) is 0 Å². The fourth-order valence-electron chi connectivity index (χ4n) is 2.24. The molecule has 9 heteroatoms.